The largest absolute Gasteiger partial charge is 0.356 e. The average molecular weight is 390 g/mol. The molecule has 0 unspecified atom stereocenters. The topological polar surface area (TPSA) is 58.6 Å². The number of carbonyl (C=O) groups is 1. The van der Waals surface area contributed by atoms with Crippen LogP contribution >= 0.6 is 0 Å². The van der Waals surface area contributed by atoms with Crippen molar-refractivity contribution in [2.45, 2.75) is 62.3 Å². The summed E-state index contributed by atoms with van der Waals surface area (Å²) in [5.41, 5.74) is 0.566. The fraction of sp³-hybridized carbons (Fsp3) is 0.522. The molecule has 3 aliphatic heterocycles. The number of hydrogen-bond donors (Lipinski definition) is 0. The quantitative estimate of drug-likeness (QED) is 0.804. The Labute approximate surface area is 170 Å². The Morgan fingerprint density at radius 1 is 1.00 bits per heavy atom. The minimum absolute atomic E-state index is 0.0697. The number of nitrogens with zero attached hydrogens (tertiary/aromatic N) is 4. The summed E-state index contributed by atoms with van der Waals surface area (Å²) in [5, 5.41) is 0. The van der Waals surface area contributed by atoms with E-state index >= 15 is 0 Å². The molecule has 6 heteroatoms. The van der Waals surface area contributed by atoms with Gasteiger partial charge in [0.2, 0.25) is 0 Å². The lowest BCUT2D eigenvalue weighted by Gasteiger charge is -2.38. The first-order valence-corrected chi connectivity index (χ1v) is 10.9. The highest BCUT2D eigenvalue weighted by Gasteiger charge is 2.57. The van der Waals surface area contributed by atoms with E-state index in [1.807, 2.05) is 23.2 Å². The Morgan fingerprint density at radius 2 is 1.79 bits per heavy atom. The standard InChI is InChI=1S/C23H26N4O2/c28-22-23(29-20-9-8-18(27(20)22)16-4-2-1-3-5-16)11-14-26(15-12-23)19-10-13-24-21(25-19)17-6-7-17/h1-5,10,13,17-18,20H,6-9,11-12,14-15H2/t18-,20+/m0/s1. The van der Waals surface area contributed by atoms with Crippen molar-refractivity contribution in [3.63, 3.8) is 0 Å². The molecule has 150 valence electrons. The van der Waals surface area contributed by atoms with Crippen molar-refractivity contribution in [3.05, 3.63) is 54.0 Å². The molecule has 4 heterocycles. The molecule has 0 bridgehead atoms. The first-order valence-electron chi connectivity index (χ1n) is 10.9. The number of ether oxygens (including phenoxy) is 1. The van der Waals surface area contributed by atoms with Crippen molar-refractivity contribution in [2.24, 2.45) is 0 Å². The van der Waals surface area contributed by atoms with E-state index in [2.05, 4.69) is 34.1 Å². The van der Waals surface area contributed by atoms with Gasteiger partial charge in [0.25, 0.3) is 5.91 Å². The van der Waals surface area contributed by atoms with Gasteiger partial charge < -0.3 is 14.5 Å². The van der Waals surface area contributed by atoms with Crippen LogP contribution in [0.25, 0.3) is 0 Å². The lowest BCUT2D eigenvalue weighted by molar-refractivity contribution is -0.140. The van der Waals surface area contributed by atoms with Gasteiger partial charge in [0.15, 0.2) is 5.60 Å². The minimum atomic E-state index is -0.652. The molecule has 1 spiro atoms. The van der Waals surface area contributed by atoms with Crippen LogP contribution in [0.1, 0.15) is 61.9 Å². The summed E-state index contributed by atoms with van der Waals surface area (Å²) in [6.45, 7) is 1.59. The molecule has 3 saturated heterocycles. The van der Waals surface area contributed by atoms with Crippen LogP contribution in [-0.2, 0) is 9.53 Å². The molecule has 0 radical (unpaired) electrons. The highest BCUT2D eigenvalue weighted by Crippen LogP contribution is 2.48. The van der Waals surface area contributed by atoms with E-state index in [1.54, 1.807) is 0 Å². The lowest BCUT2D eigenvalue weighted by atomic mass is 9.89. The maximum atomic E-state index is 13.5. The molecule has 1 aliphatic carbocycles. The number of aromatic nitrogens is 2. The second-order valence-corrected chi connectivity index (χ2v) is 8.82. The first-order chi connectivity index (χ1) is 14.2. The summed E-state index contributed by atoms with van der Waals surface area (Å²) in [6, 6.07) is 12.5. The predicted octanol–water partition coefficient (Wildman–Crippen LogP) is 3.41. The number of anilines is 1. The Bertz CT molecular complexity index is 921. The van der Waals surface area contributed by atoms with Gasteiger partial charge in [-0.2, -0.15) is 0 Å². The molecule has 29 heavy (non-hydrogen) atoms. The first kappa shape index (κ1) is 17.4. The number of hydrogen-bond acceptors (Lipinski definition) is 5. The Balaban J connectivity index is 1.19. The molecule has 6 nitrogen and oxygen atoms in total. The molecule has 2 atom stereocenters. The van der Waals surface area contributed by atoms with Crippen molar-refractivity contribution < 1.29 is 9.53 Å². The van der Waals surface area contributed by atoms with E-state index in [4.69, 9.17) is 9.72 Å². The highest BCUT2D eigenvalue weighted by atomic mass is 16.6. The van der Waals surface area contributed by atoms with Crippen molar-refractivity contribution >= 4 is 11.7 Å². The van der Waals surface area contributed by atoms with Gasteiger partial charge in [-0.25, -0.2) is 9.97 Å². The summed E-state index contributed by atoms with van der Waals surface area (Å²) in [6.07, 6.45) is 7.56. The van der Waals surface area contributed by atoms with Gasteiger partial charge in [-0.15, -0.1) is 0 Å². The van der Waals surface area contributed by atoms with Crippen LogP contribution in [0.15, 0.2) is 42.6 Å². The van der Waals surface area contributed by atoms with Crippen molar-refractivity contribution in [2.75, 3.05) is 18.0 Å². The minimum Gasteiger partial charge on any atom is -0.356 e. The second-order valence-electron chi connectivity index (χ2n) is 8.82. The van der Waals surface area contributed by atoms with Gasteiger partial charge in [0.05, 0.1) is 6.04 Å². The maximum Gasteiger partial charge on any atom is 0.257 e. The number of piperidine rings is 1. The van der Waals surface area contributed by atoms with E-state index in [9.17, 15) is 4.79 Å². The van der Waals surface area contributed by atoms with Gasteiger partial charge in [0, 0.05) is 38.0 Å². The van der Waals surface area contributed by atoms with Crippen LogP contribution < -0.4 is 4.90 Å². The van der Waals surface area contributed by atoms with Gasteiger partial charge in [-0.3, -0.25) is 4.79 Å². The van der Waals surface area contributed by atoms with Gasteiger partial charge in [-0.1, -0.05) is 30.3 Å². The number of fused-ring (bicyclic) bond motifs is 1. The second kappa shape index (κ2) is 6.52. The monoisotopic (exact) mass is 390 g/mol. The Kier molecular flexibility index (Phi) is 3.91. The fourth-order valence-electron chi connectivity index (χ4n) is 5.22. The van der Waals surface area contributed by atoms with E-state index in [0.717, 1.165) is 50.4 Å². The summed E-state index contributed by atoms with van der Waals surface area (Å²) in [5.74, 6) is 2.70. The smallest absolute Gasteiger partial charge is 0.257 e. The molecule has 4 aliphatic rings. The van der Waals surface area contributed by atoms with Crippen molar-refractivity contribution in [3.8, 4) is 0 Å². The third-order valence-electron chi connectivity index (χ3n) is 7.00. The summed E-state index contributed by atoms with van der Waals surface area (Å²) >= 11 is 0. The number of carbonyl (C=O) groups excluding carboxylic acids is 1. The normalized spacial score (nSPS) is 28.2. The van der Waals surface area contributed by atoms with Crippen LogP contribution in [0.5, 0.6) is 0 Å². The third kappa shape index (κ3) is 2.84. The molecular weight excluding hydrogens is 364 g/mol. The molecule has 4 fully saturated rings. The van der Waals surface area contributed by atoms with Gasteiger partial charge in [0.1, 0.15) is 17.9 Å². The lowest BCUT2D eigenvalue weighted by Crippen LogP contribution is -2.50. The summed E-state index contributed by atoms with van der Waals surface area (Å²) < 4.78 is 6.45. The number of amides is 1. The zero-order valence-corrected chi connectivity index (χ0v) is 16.5. The summed E-state index contributed by atoms with van der Waals surface area (Å²) in [4.78, 5) is 27.0. The molecule has 6 rings (SSSR count). The number of benzene rings is 1. The third-order valence-corrected chi connectivity index (χ3v) is 7.00. The van der Waals surface area contributed by atoms with Crippen molar-refractivity contribution in [1.29, 1.82) is 0 Å². The SMILES string of the molecule is O=C1N2[C@@H](CC[C@H]2c2ccccc2)OC12CCN(c1ccnc(C3CC3)n1)CC2. The molecule has 1 saturated carbocycles. The molecule has 2 aromatic rings. The molecule has 1 aromatic heterocycles. The van der Waals surface area contributed by atoms with Gasteiger partial charge in [-0.05, 0) is 37.3 Å². The predicted molar refractivity (Wildman–Crippen MR) is 108 cm³/mol. The maximum absolute atomic E-state index is 13.5. The van der Waals surface area contributed by atoms with Crippen LogP contribution in [-0.4, -0.2) is 45.7 Å². The van der Waals surface area contributed by atoms with Crippen LogP contribution in [0.4, 0.5) is 5.82 Å². The van der Waals surface area contributed by atoms with E-state index in [1.165, 1.54) is 18.4 Å². The fourth-order valence-corrected chi connectivity index (χ4v) is 5.22. The Morgan fingerprint density at radius 3 is 2.55 bits per heavy atom. The zero-order chi connectivity index (χ0) is 19.4. The van der Waals surface area contributed by atoms with E-state index < -0.39 is 5.60 Å². The molecule has 1 amide bonds. The molecule has 0 N–H and O–H groups in total. The van der Waals surface area contributed by atoms with Crippen LogP contribution in [0.3, 0.4) is 0 Å². The average Bonchev–Trinajstić information content (AvgIpc) is 3.50. The molecule has 1 aromatic carbocycles. The van der Waals surface area contributed by atoms with E-state index in [-0.39, 0.29) is 18.2 Å². The zero-order valence-electron chi connectivity index (χ0n) is 16.5. The Hall–Kier alpha value is -2.47. The highest BCUT2D eigenvalue weighted by molar-refractivity contribution is 5.88. The molecular formula is C23H26N4O2. The van der Waals surface area contributed by atoms with Gasteiger partial charge >= 0.3 is 0 Å². The summed E-state index contributed by atoms with van der Waals surface area (Å²) in [7, 11) is 0. The number of rotatable bonds is 3. The van der Waals surface area contributed by atoms with Crippen LogP contribution in [0.2, 0.25) is 0 Å². The van der Waals surface area contributed by atoms with Crippen LogP contribution in [0, 0.1) is 0 Å². The van der Waals surface area contributed by atoms with E-state index in [0.29, 0.717) is 5.92 Å². The van der Waals surface area contributed by atoms with Crippen molar-refractivity contribution in [1.82, 2.24) is 14.9 Å².